The second kappa shape index (κ2) is 2.81. The number of benzene rings is 1. The first-order valence-electron chi connectivity index (χ1n) is 3.48. The summed E-state index contributed by atoms with van der Waals surface area (Å²) >= 11 is 5.58. The van der Waals surface area contributed by atoms with Crippen LogP contribution in [0.15, 0.2) is 6.07 Å². The summed E-state index contributed by atoms with van der Waals surface area (Å²) in [6.45, 7) is 0. The average molecular weight is 215 g/mol. The van der Waals surface area contributed by atoms with Gasteiger partial charge in [-0.05, 0) is 6.07 Å². The molecule has 0 bridgehead atoms. The van der Waals surface area contributed by atoms with E-state index in [1.165, 1.54) is 6.07 Å². The monoisotopic (exact) mass is 214 g/mol. The summed E-state index contributed by atoms with van der Waals surface area (Å²) in [4.78, 5) is 9.74. The van der Waals surface area contributed by atoms with Crippen molar-refractivity contribution in [2.45, 2.75) is 0 Å². The van der Waals surface area contributed by atoms with Crippen LogP contribution in [0.25, 0.3) is 11.0 Å². The number of nitrogens with zero attached hydrogens (tertiary/aromatic N) is 3. The van der Waals surface area contributed by atoms with Gasteiger partial charge in [-0.15, -0.1) is 5.10 Å². The number of rotatable bonds is 1. The van der Waals surface area contributed by atoms with Crippen molar-refractivity contribution < 1.29 is 10.0 Å². The third kappa shape index (κ3) is 1.06. The molecular weight excluding hydrogens is 212 g/mol. The predicted molar refractivity (Wildman–Crippen MR) is 47.2 cm³/mol. The number of nitro groups is 1. The third-order valence-electron chi connectivity index (χ3n) is 1.70. The molecule has 14 heavy (non-hydrogen) atoms. The highest BCUT2D eigenvalue weighted by atomic mass is 35.5. The molecule has 0 radical (unpaired) electrons. The van der Waals surface area contributed by atoms with Crippen LogP contribution in [0.3, 0.4) is 0 Å². The molecule has 0 saturated heterocycles. The van der Waals surface area contributed by atoms with Gasteiger partial charge in [0.2, 0.25) is 5.75 Å². The van der Waals surface area contributed by atoms with Gasteiger partial charge < -0.3 is 5.11 Å². The first-order valence-corrected chi connectivity index (χ1v) is 3.85. The van der Waals surface area contributed by atoms with E-state index in [2.05, 4.69) is 15.4 Å². The summed E-state index contributed by atoms with van der Waals surface area (Å²) in [5.74, 6) is -0.578. The van der Waals surface area contributed by atoms with Gasteiger partial charge in [-0.25, -0.2) is 0 Å². The quantitative estimate of drug-likeness (QED) is 0.549. The van der Waals surface area contributed by atoms with Crippen LogP contribution in [0, 0.1) is 10.1 Å². The largest absolute Gasteiger partial charge is 0.500 e. The molecular formula is C6H3ClN4O3. The molecule has 0 amide bonds. The minimum absolute atomic E-state index is 0.0288. The number of nitro benzene ring substituents is 1. The van der Waals surface area contributed by atoms with E-state index >= 15 is 0 Å². The molecule has 0 saturated carbocycles. The minimum atomic E-state index is -0.772. The van der Waals surface area contributed by atoms with Gasteiger partial charge >= 0.3 is 5.69 Å². The summed E-state index contributed by atoms with van der Waals surface area (Å²) in [7, 11) is 0. The van der Waals surface area contributed by atoms with Crippen molar-refractivity contribution in [1.29, 1.82) is 0 Å². The molecule has 72 valence electrons. The smallest absolute Gasteiger partial charge is 0.331 e. The molecule has 0 aliphatic rings. The number of phenols is 1. The Kier molecular flexibility index (Phi) is 1.74. The normalized spacial score (nSPS) is 10.6. The van der Waals surface area contributed by atoms with Gasteiger partial charge in [0, 0.05) is 0 Å². The summed E-state index contributed by atoms with van der Waals surface area (Å²) in [6, 6.07) is 1.29. The molecule has 2 aromatic rings. The lowest BCUT2D eigenvalue weighted by atomic mass is 10.2. The van der Waals surface area contributed by atoms with Gasteiger partial charge in [-0.1, -0.05) is 16.8 Å². The SMILES string of the molecule is O=[N+]([O-])c1c(Cl)cc2[nH]nnc2c1O. The van der Waals surface area contributed by atoms with Crippen LogP contribution in [0.5, 0.6) is 5.75 Å². The van der Waals surface area contributed by atoms with Crippen molar-refractivity contribution in [2.75, 3.05) is 0 Å². The zero-order valence-corrected chi connectivity index (χ0v) is 7.32. The van der Waals surface area contributed by atoms with Crippen LogP contribution >= 0.6 is 11.6 Å². The zero-order chi connectivity index (χ0) is 10.3. The van der Waals surface area contributed by atoms with Crippen LogP contribution < -0.4 is 0 Å². The molecule has 2 N–H and O–H groups in total. The van der Waals surface area contributed by atoms with Gasteiger partial charge in [0.05, 0.1) is 10.4 Å². The maximum absolute atomic E-state index is 10.5. The fourth-order valence-electron chi connectivity index (χ4n) is 1.11. The molecule has 1 aromatic carbocycles. The zero-order valence-electron chi connectivity index (χ0n) is 6.56. The van der Waals surface area contributed by atoms with E-state index in [1.807, 2.05) is 0 Å². The molecule has 1 aromatic heterocycles. The van der Waals surface area contributed by atoms with E-state index in [4.69, 9.17) is 11.6 Å². The summed E-state index contributed by atoms with van der Waals surface area (Å²) in [6.07, 6.45) is 0. The molecule has 1 heterocycles. The van der Waals surface area contributed by atoms with E-state index < -0.39 is 16.4 Å². The fourth-order valence-corrected chi connectivity index (χ4v) is 1.37. The molecule has 7 nitrogen and oxygen atoms in total. The van der Waals surface area contributed by atoms with Crippen LogP contribution in [0.2, 0.25) is 5.02 Å². The number of phenolic OH excluding ortho intramolecular Hbond substituents is 1. The highest BCUT2D eigenvalue weighted by Crippen LogP contribution is 2.38. The van der Waals surface area contributed by atoms with E-state index in [0.29, 0.717) is 5.52 Å². The lowest BCUT2D eigenvalue weighted by molar-refractivity contribution is -0.385. The van der Waals surface area contributed by atoms with E-state index in [-0.39, 0.29) is 10.5 Å². The molecule has 2 rings (SSSR count). The Bertz CT molecular complexity index is 523. The summed E-state index contributed by atoms with van der Waals surface area (Å²) < 4.78 is 0. The van der Waals surface area contributed by atoms with Crippen LogP contribution in [0.4, 0.5) is 5.69 Å². The van der Waals surface area contributed by atoms with Crippen LogP contribution in [-0.4, -0.2) is 25.4 Å². The number of aromatic nitrogens is 3. The molecule has 8 heteroatoms. The number of fused-ring (bicyclic) bond motifs is 1. The second-order valence-electron chi connectivity index (χ2n) is 2.52. The number of nitrogens with one attached hydrogen (secondary N) is 1. The molecule has 0 atom stereocenters. The Balaban J connectivity index is 2.89. The Labute approximate surface area is 81.4 Å². The van der Waals surface area contributed by atoms with Crippen molar-refractivity contribution in [3.63, 3.8) is 0 Å². The van der Waals surface area contributed by atoms with Gasteiger partial charge in [-0.3, -0.25) is 15.2 Å². The summed E-state index contributed by atoms with van der Waals surface area (Å²) in [5, 5.41) is 29.1. The van der Waals surface area contributed by atoms with Gasteiger partial charge in [-0.2, -0.15) is 0 Å². The first-order chi connectivity index (χ1) is 6.61. The lowest BCUT2D eigenvalue weighted by Crippen LogP contribution is -1.90. The maximum Gasteiger partial charge on any atom is 0.331 e. The standard InChI is InChI=1S/C6H3ClN4O3/c7-2-1-3-4(9-10-8-3)6(12)5(2)11(13)14/h1,12H,(H,8,9,10). The Morgan fingerprint density at radius 3 is 3.00 bits per heavy atom. The summed E-state index contributed by atoms with van der Waals surface area (Å²) in [5.41, 5.74) is -0.188. The van der Waals surface area contributed by atoms with E-state index in [0.717, 1.165) is 0 Å². The van der Waals surface area contributed by atoms with Crippen LogP contribution in [-0.2, 0) is 0 Å². The fraction of sp³-hybridized carbons (Fsp3) is 0. The molecule has 0 spiro atoms. The van der Waals surface area contributed by atoms with Gasteiger partial charge in [0.1, 0.15) is 5.02 Å². The lowest BCUT2D eigenvalue weighted by Gasteiger charge is -1.97. The highest BCUT2D eigenvalue weighted by Gasteiger charge is 2.23. The number of aromatic hydroxyl groups is 1. The van der Waals surface area contributed by atoms with Gasteiger partial charge in [0.25, 0.3) is 0 Å². The average Bonchev–Trinajstić information content (AvgIpc) is 2.50. The molecule has 0 aliphatic carbocycles. The van der Waals surface area contributed by atoms with Crippen molar-refractivity contribution >= 4 is 28.3 Å². The Morgan fingerprint density at radius 2 is 2.36 bits per heavy atom. The number of H-pyrrole nitrogens is 1. The molecule has 0 aliphatic heterocycles. The van der Waals surface area contributed by atoms with Crippen molar-refractivity contribution in [2.24, 2.45) is 0 Å². The number of aromatic amines is 1. The highest BCUT2D eigenvalue weighted by molar-refractivity contribution is 6.33. The maximum atomic E-state index is 10.5. The van der Waals surface area contributed by atoms with Crippen molar-refractivity contribution in [3.8, 4) is 5.75 Å². The number of halogens is 1. The van der Waals surface area contributed by atoms with Crippen molar-refractivity contribution in [1.82, 2.24) is 15.4 Å². The number of hydrogen-bond acceptors (Lipinski definition) is 5. The second-order valence-corrected chi connectivity index (χ2v) is 2.93. The van der Waals surface area contributed by atoms with E-state index in [1.54, 1.807) is 0 Å². The Morgan fingerprint density at radius 1 is 1.64 bits per heavy atom. The first kappa shape index (κ1) is 8.70. The third-order valence-corrected chi connectivity index (χ3v) is 1.99. The van der Waals surface area contributed by atoms with Gasteiger partial charge in [0.15, 0.2) is 5.52 Å². The Hall–Kier alpha value is -1.89. The van der Waals surface area contributed by atoms with Crippen molar-refractivity contribution in [3.05, 3.63) is 21.2 Å². The number of hydrogen-bond donors (Lipinski definition) is 2. The molecule has 0 unspecified atom stereocenters. The molecule has 0 fully saturated rings. The van der Waals surface area contributed by atoms with E-state index in [9.17, 15) is 15.2 Å². The predicted octanol–water partition coefficient (Wildman–Crippen LogP) is 1.23. The minimum Gasteiger partial charge on any atom is -0.500 e. The topological polar surface area (TPSA) is 105 Å². The van der Waals surface area contributed by atoms with Crippen LogP contribution in [0.1, 0.15) is 0 Å².